The molecule has 1 rings (SSSR count). The van der Waals surface area contributed by atoms with E-state index in [1.165, 1.54) is 17.0 Å². The number of hydrogen-bond acceptors (Lipinski definition) is 18. The minimum absolute atomic E-state index is 0. The molecule has 0 saturated carbocycles. The first kappa shape index (κ1) is 69.5. The predicted octanol–water partition coefficient (Wildman–Crippen LogP) is 3.08. The molecule has 0 spiro atoms. The van der Waals surface area contributed by atoms with Gasteiger partial charge < -0.3 is 67.9 Å². The summed E-state index contributed by atoms with van der Waals surface area (Å²) in [6, 6.07) is 6.46. The first-order valence-corrected chi connectivity index (χ1v) is 22.8. The Bertz CT molecular complexity index is 1540. The third kappa shape index (κ3) is 57.5. The average Bonchev–Trinajstić information content (AvgIpc) is 3.25. The average molecular weight is 1010 g/mol. The van der Waals surface area contributed by atoms with E-state index in [9.17, 15) is 22.4 Å². The standard InChI is InChI=1S/C24H40O10S.C17H33N3O7.CH3F.N3.Na/c1-21-5-7-22(8-6-21)35(26,27)33-20-19-32-18-17-31-16-15-30-14-13-29-12-11-28-10-9-23(25)34-24(2,3)4;1-17(2,3)27-16(21)4-6-22-8-10-24-12-14-26-15-13-25-11-9-23-7-5-19-20-18;1-2;1-3-2;/h5-8H,9-20H2,1-4H3;4-15H2,1-3H3;1H3;;/q;;;-1;+1/i;;1D;;. The monoisotopic (exact) mass is 1010 g/mol. The quantitative estimate of drug-likeness (QED) is 0.0175. The Morgan fingerprint density at radius 1 is 0.559 bits per heavy atom. The van der Waals surface area contributed by atoms with Crippen LogP contribution in [0.3, 0.4) is 0 Å². The molecule has 68 heavy (non-hydrogen) atoms. The van der Waals surface area contributed by atoms with Crippen LogP contribution in [0.25, 0.3) is 26.4 Å². The van der Waals surface area contributed by atoms with Crippen molar-refractivity contribution in [1.29, 1.82) is 0 Å². The molecule has 0 aliphatic rings. The Kier molecular flexibility index (Phi) is 51.7. The third-order valence-corrected chi connectivity index (χ3v) is 8.22. The van der Waals surface area contributed by atoms with Crippen molar-refractivity contribution in [3.05, 3.63) is 56.2 Å². The van der Waals surface area contributed by atoms with E-state index in [0.29, 0.717) is 132 Å². The third-order valence-electron chi connectivity index (χ3n) is 6.89. The van der Waals surface area contributed by atoms with Crippen LogP contribution < -0.4 is 29.6 Å². The van der Waals surface area contributed by atoms with E-state index in [1.54, 1.807) is 12.1 Å². The van der Waals surface area contributed by atoms with Gasteiger partial charge in [-0.3, -0.25) is 23.1 Å². The molecule has 0 saturated heterocycles. The van der Waals surface area contributed by atoms with Crippen molar-refractivity contribution in [3.63, 3.8) is 0 Å². The molecule has 0 aliphatic carbocycles. The summed E-state index contributed by atoms with van der Waals surface area (Å²) < 4.78 is 108. The number of azide groups is 1. The van der Waals surface area contributed by atoms with E-state index >= 15 is 0 Å². The van der Waals surface area contributed by atoms with Crippen LogP contribution in [-0.2, 0) is 80.7 Å². The second-order valence-electron chi connectivity index (χ2n) is 14.9. The zero-order valence-electron chi connectivity index (χ0n) is 42.4. The van der Waals surface area contributed by atoms with Crippen LogP contribution in [0, 0.1) is 6.92 Å². The van der Waals surface area contributed by atoms with Gasteiger partial charge in [-0.1, -0.05) is 22.8 Å². The van der Waals surface area contributed by atoms with Gasteiger partial charge in [0.1, 0.15) is 11.2 Å². The Morgan fingerprint density at radius 3 is 1.10 bits per heavy atom. The summed E-state index contributed by atoms with van der Waals surface area (Å²) in [6.45, 7) is 21.2. The first-order valence-electron chi connectivity index (χ1n) is 22.1. The predicted molar refractivity (Wildman–Crippen MR) is 245 cm³/mol. The molecule has 0 radical (unpaired) electrons. The fraction of sp³-hybridized carbons (Fsp3) is 0.810. The second-order valence-corrected chi connectivity index (χ2v) is 16.5. The van der Waals surface area contributed by atoms with Crippen LogP contribution in [0.2, 0.25) is 0 Å². The topological polar surface area (TPSA) is 296 Å². The Labute approximate surface area is 425 Å². The van der Waals surface area contributed by atoms with Crippen LogP contribution in [-0.4, -0.2) is 184 Å². The summed E-state index contributed by atoms with van der Waals surface area (Å²) in [5, 5.41) is 3.35. The molecule has 1 aromatic carbocycles. The number of alkyl halides is 1. The molecule has 0 atom stereocenters. The molecule has 0 heterocycles. The first-order chi connectivity index (χ1) is 32.4. The molecule has 0 N–H and O–H groups in total. The van der Waals surface area contributed by atoms with E-state index in [1.807, 2.05) is 48.5 Å². The maximum Gasteiger partial charge on any atom is 1.00 e. The maximum atomic E-state index is 12.0. The number of ether oxygens (including phenoxy) is 12. The Balaban J connectivity index is -0.000000555. The SMILES string of the molecule is CC(C)(C)OC(=O)CCOCCOCCOCCOCCOCCN=[N+]=[N-].Cc1ccc(S(=O)(=O)OCCOCCOCCOCCOCCOCCC(=O)OC(C)(C)C)cc1.[2H]CF.[N-]=[N+]=[N-].[Na+]. The summed E-state index contributed by atoms with van der Waals surface area (Å²) in [7, 11) is -4.77. The summed E-state index contributed by atoms with van der Waals surface area (Å²) in [6.07, 6.45) is 0.453. The number of carbonyl (C=O) groups is 2. The van der Waals surface area contributed by atoms with Crippen molar-refractivity contribution in [2.45, 2.75) is 77.4 Å². The number of benzene rings is 1. The zero-order chi connectivity index (χ0) is 51.6. The van der Waals surface area contributed by atoms with Crippen LogP contribution in [0.5, 0.6) is 0 Å². The molecule has 0 aromatic heterocycles. The summed E-state index contributed by atoms with van der Waals surface area (Å²) in [5.41, 5.74) is 21.6. The van der Waals surface area contributed by atoms with Gasteiger partial charge in [0.25, 0.3) is 10.1 Å². The molecular formula is C42H76FN6NaO17S. The van der Waals surface area contributed by atoms with Gasteiger partial charge in [-0.2, -0.15) is 8.42 Å². The maximum absolute atomic E-state index is 12.0. The molecule has 390 valence electrons. The number of esters is 2. The van der Waals surface area contributed by atoms with Crippen molar-refractivity contribution >= 4 is 22.1 Å². The van der Waals surface area contributed by atoms with Gasteiger partial charge in [0, 0.05) is 11.5 Å². The molecule has 0 bridgehead atoms. The minimum atomic E-state index is -3.77. The van der Waals surface area contributed by atoms with Gasteiger partial charge in [0.15, 0.2) is 0 Å². The van der Waals surface area contributed by atoms with Gasteiger partial charge in [-0.15, -0.1) is 0 Å². The van der Waals surface area contributed by atoms with Crippen LogP contribution >= 0.6 is 0 Å². The second kappa shape index (κ2) is 50.6. The number of aryl methyl sites for hydroxylation is 1. The number of rotatable bonds is 38. The van der Waals surface area contributed by atoms with Crippen molar-refractivity contribution in [2.24, 2.45) is 5.11 Å². The Hall–Kier alpha value is -2.78. The van der Waals surface area contributed by atoms with Gasteiger partial charge in [0.2, 0.25) is 0 Å². The summed E-state index contributed by atoms with van der Waals surface area (Å²) in [4.78, 5) is 27.2. The van der Waals surface area contributed by atoms with E-state index in [2.05, 4.69) is 10.0 Å². The largest absolute Gasteiger partial charge is 1.00 e. The zero-order valence-corrected chi connectivity index (χ0v) is 44.2. The van der Waals surface area contributed by atoms with Crippen LogP contribution in [0.4, 0.5) is 4.39 Å². The molecule has 23 nitrogen and oxygen atoms in total. The van der Waals surface area contributed by atoms with Crippen molar-refractivity contribution in [2.75, 3.05) is 152 Å². The Morgan fingerprint density at radius 2 is 0.824 bits per heavy atom. The molecular weight excluding hydrogens is 935 g/mol. The fourth-order valence-electron chi connectivity index (χ4n) is 4.19. The van der Waals surface area contributed by atoms with Gasteiger partial charge in [-0.05, 0) is 66.1 Å². The number of nitrogens with zero attached hydrogens (tertiary/aromatic N) is 6. The minimum Gasteiger partial charge on any atom is -0.460 e. The normalized spacial score (nSPS) is 11.1. The molecule has 0 unspecified atom stereocenters. The summed E-state index contributed by atoms with van der Waals surface area (Å²) >= 11 is 0. The van der Waals surface area contributed by atoms with Crippen LogP contribution in [0.1, 0.15) is 61.3 Å². The van der Waals surface area contributed by atoms with Crippen molar-refractivity contribution in [3.8, 4) is 0 Å². The molecule has 1 aromatic rings. The van der Waals surface area contributed by atoms with Gasteiger partial charge >= 0.3 is 41.5 Å². The smallest absolute Gasteiger partial charge is 0.460 e. The van der Waals surface area contributed by atoms with Crippen molar-refractivity contribution < 1.29 is 114 Å². The van der Waals surface area contributed by atoms with E-state index in [4.69, 9.17) is 79.0 Å². The fourth-order valence-corrected chi connectivity index (χ4v) is 5.08. The molecule has 0 fully saturated rings. The van der Waals surface area contributed by atoms with E-state index in [-0.39, 0.29) is 72.4 Å². The van der Waals surface area contributed by atoms with E-state index < -0.39 is 28.5 Å². The summed E-state index contributed by atoms with van der Waals surface area (Å²) in [5.74, 6) is -0.544. The number of halogens is 1. The van der Waals surface area contributed by atoms with Gasteiger partial charge in [0.05, 0.1) is 165 Å². The molecule has 26 heteroatoms. The number of carbonyl (C=O) groups excluding carboxylic acids is 2. The number of hydrogen-bond donors (Lipinski definition) is 0. The molecule has 0 amide bonds. The van der Waals surface area contributed by atoms with Gasteiger partial charge in [-0.25, -0.2) is 0 Å². The van der Waals surface area contributed by atoms with Crippen LogP contribution in [0.15, 0.2) is 34.3 Å². The molecule has 0 aliphatic heterocycles. The van der Waals surface area contributed by atoms with Crippen molar-refractivity contribution in [1.82, 2.24) is 0 Å². The van der Waals surface area contributed by atoms with E-state index in [0.717, 1.165) is 5.56 Å².